The number of carbonyl (C=O) groups is 1. The zero-order chi connectivity index (χ0) is 20.4. The molecule has 1 saturated heterocycles. The van der Waals surface area contributed by atoms with Crippen molar-refractivity contribution in [2.45, 2.75) is 6.54 Å². The van der Waals surface area contributed by atoms with E-state index in [1.165, 1.54) is 22.9 Å². The van der Waals surface area contributed by atoms with Crippen LogP contribution in [0.25, 0.3) is 5.69 Å². The van der Waals surface area contributed by atoms with Gasteiger partial charge in [0.25, 0.3) is 5.91 Å². The molecule has 0 radical (unpaired) electrons. The molecule has 0 bridgehead atoms. The smallest absolute Gasteiger partial charge is 0.254 e. The van der Waals surface area contributed by atoms with E-state index in [-0.39, 0.29) is 17.3 Å². The van der Waals surface area contributed by atoms with E-state index in [4.69, 9.17) is 0 Å². The van der Waals surface area contributed by atoms with Gasteiger partial charge in [-0.3, -0.25) is 9.69 Å². The van der Waals surface area contributed by atoms with Crippen LogP contribution in [0.1, 0.15) is 16.2 Å². The Bertz CT molecular complexity index is 1020. The minimum Gasteiger partial charge on any atom is -0.336 e. The van der Waals surface area contributed by atoms with Crippen LogP contribution in [0.5, 0.6) is 0 Å². The molecule has 4 rings (SSSR count). The monoisotopic (exact) mass is 402 g/mol. The molecule has 1 fully saturated rings. The lowest BCUT2D eigenvalue weighted by atomic mass is 10.1. The Morgan fingerprint density at radius 3 is 2.34 bits per heavy atom. The molecule has 0 unspecified atom stereocenters. The van der Waals surface area contributed by atoms with Crippen LogP contribution in [-0.2, 0) is 6.54 Å². The highest BCUT2D eigenvalue weighted by molar-refractivity contribution is 5.94. The summed E-state index contributed by atoms with van der Waals surface area (Å²) in [4.78, 5) is 16.2. The SMILES string of the molecule is O=C(c1ccc(F)c(F)c1)N1CCN(Cc2nnnn2-c2ccc(F)cc2)CC1. The van der Waals surface area contributed by atoms with Gasteiger partial charge in [-0.25, -0.2) is 13.2 Å². The van der Waals surface area contributed by atoms with Crippen molar-refractivity contribution in [3.8, 4) is 5.69 Å². The van der Waals surface area contributed by atoms with E-state index in [0.29, 0.717) is 44.2 Å². The van der Waals surface area contributed by atoms with Gasteiger partial charge in [-0.2, -0.15) is 4.68 Å². The first-order chi connectivity index (χ1) is 14.0. The van der Waals surface area contributed by atoms with Gasteiger partial charge in [0, 0.05) is 31.7 Å². The van der Waals surface area contributed by atoms with Crippen molar-refractivity contribution in [2.24, 2.45) is 0 Å². The summed E-state index contributed by atoms with van der Waals surface area (Å²) < 4.78 is 41.1. The Kier molecular flexibility index (Phi) is 5.26. The summed E-state index contributed by atoms with van der Waals surface area (Å²) in [6.07, 6.45) is 0. The zero-order valence-electron chi connectivity index (χ0n) is 15.3. The zero-order valence-corrected chi connectivity index (χ0v) is 15.3. The quantitative estimate of drug-likeness (QED) is 0.668. The molecule has 0 atom stereocenters. The number of amides is 1. The molecule has 1 aromatic heterocycles. The van der Waals surface area contributed by atoms with Crippen molar-refractivity contribution in [1.29, 1.82) is 0 Å². The van der Waals surface area contributed by atoms with Crippen molar-refractivity contribution < 1.29 is 18.0 Å². The van der Waals surface area contributed by atoms with Gasteiger partial charge in [0.1, 0.15) is 5.82 Å². The molecule has 150 valence electrons. The first-order valence-electron chi connectivity index (χ1n) is 9.01. The van der Waals surface area contributed by atoms with Crippen molar-refractivity contribution in [2.75, 3.05) is 26.2 Å². The van der Waals surface area contributed by atoms with Crippen LogP contribution in [0.4, 0.5) is 13.2 Å². The third-order valence-corrected chi connectivity index (χ3v) is 4.80. The average molecular weight is 402 g/mol. The fraction of sp³-hybridized carbons (Fsp3) is 0.263. The Morgan fingerprint density at radius 2 is 1.66 bits per heavy atom. The van der Waals surface area contributed by atoms with Gasteiger partial charge < -0.3 is 4.90 Å². The Hall–Kier alpha value is -3.27. The van der Waals surface area contributed by atoms with Crippen molar-refractivity contribution in [1.82, 2.24) is 30.0 Å². The van der Waals surface area contributed by atoms with Crippen LogP contribution in [0.15, 0.2) is 42.5 Å². The van der Waals surface area contributed by atoms with Gasteiger partial charge in [-0.15, -0.1) is 5.10 Å². The van der Waals surface area contributed by atoms with E-state index in [1.54, 1.807) is 17.0 Å². The highest BCUT2D eigenvalue weighted by Gasteiger charge is 2.24. The van der Waals surface area contributed by atoms with Crippen LogP contribution in [0.2, 0.25) is 0 Å². The molecular weight excluding hydrogens is 385 g/mol. The molecule has 0 aliphatic carbocycles. The second-order valence-electron chi connectivity index (χ2n) is 6.68. The normalized spacial score (nSPS) is 14.9. The number of tetrazole rings is 1. The molecular formula is C19H17F3N6O. The minimum absolute atomic E-state index is 0.123. The van der Waals surface area contributed by atoms with Gasteiger partial charge in [0.05, 0.1) is 12.2 Å². The number of hydrogen-bond acceptors (Lipinski definition) is 5. The predicted octanol–water partition coefficient (Wildman–Crippen LogP) is 2.04. The highest BCUT2D eigenvalue weighted by atomic mass is 19.2. The molecule has 2 heterocycles. The standard InChI is InChI=1S/C19H17F3N6O/c20-14-2-4-15(5-3-14)28-18(23-24-25-28)12-26-7-9-27(10-8-26)19(29)13-1-6-16(21)17(22)11-13/h1-6,11H,7-10,12H2. The number of benzene rings is 2. The Labute approximate surface area is 164 Å². The number of nitrogens with zero attached hydrogens (tertiary/aromatic N) is 6. The molecule has 10 heteroatoms. The molecule has 0 saturated carbocycles. The van der Waals surface area contributed by atoms with Gasteiger partial charge in [-0.1, -0.05) is 0 Å². The summed E-state index contributed by atoms with van der Waals surface area (Å²) in [5.74, 6) is -2.10. The van der Waals surface area contributed by atoms with Crippen molar-refractivity contribution >= 4 is 5.91 Å². The number of carbonyl (C=O) groups excluding carboxylic acids is 1. The van der Waals surface area contributed by atoms with Gasteiger partial charge >= 0.3 is 0 Å². The van der Waals surface area contributed by atoms with E-state index in [2.05, 4.69) is 20.4 Å². The van der Waals surface area contributed by atoms with Crippen LogP contribution >= 0.6 is 0 Å². The van der Waals surface area contributed by atoms with E-state index in [1.807, 2.05) is 0 Å². The lowest BCUT2D eigenvalue weighted by molar-refractivity contribution is 0.0624. The third-order valence-electron chi connectivity index (χ3n) is 4.80. The molecule has 1 amide bonds. The molecule has 7 nitrogen and oxygen atoms in total. The third kappa shape index (κ3) is 4.11. The molecule has 1 aliphatic heterocycles. The first-order valence-corrected chi connectivity index (χ1v) is 9.01. The van der Waals surface area contributed by atoms with Gasteiger partial charge in [0.15, 0.2) is 17.5 Å². The van der Waals surface area contributed by atoms with Crippen LogP contribution < -0.4 is 0 Å². The van der Waals surface area contributed by atoms with E-state index < -0.39 is 11.6 Å². The number of hydrogen-bond donors (Lipinski definition) is 0. The van der Waals surface area contributed by atoms with E-state index >= 15 is 0 Å². The molecule has 0 N–H and O–H groups in total. The largest absolute Gasteiger partial charge is 0.336 e. The fourth-order valence-corrected chi connectivity index (χ4v) is 3.21. The summed E-state index contributed by atoms with van der Waals surface area (Å²) in [6.45, 7) is 2.49. The molecule has 0 spiro atoms. The maximum absolute atomic E-state index is 13.4. The van der Waals surface area contributed by atoms with Gasteiger partial charge in [0.2, 0.25) is 0 Å². The van der Waals surface area contributed by atoms with Gasteiger partial charge in [-0.05, 0) is 52.9 Å². The number of piperazine rings is 1. The summed E-state index contributed by atoms with van der Waals surface area (Å²) in [5.41, 5.74) is 0.774. The lowest BCUT2D eigenvalue weighted by Crippen LogP contribution is -2.48. The molecule has 29 heavy (non-hydrogen) atoms. The van der Waals surface area contributed by atoms with E-state index in [9.17, 15) is 18.0 Å². The average Bonchev–Trinajstić information content (AvgIpc) is 3.19. The molecule has 1 aliphatic rings. The number of halogens is 3. The van der Waals surface area contributed by atoms with Crippen LogP contribution in [0.3, 0.4) is 0 Å². The Morgan fingerprint density at radius 1 is 0.931 bits per heavy atom. The number of rotatable bonds is 4. The van der Waals surface area contributed by atoms with E-state index in [0.717, 1.165) is 12.1 Å². The van der Waals surface area contributed by atoms with Crippen LogP contribution in [0, 0.1) is 17.5 Å². The fourth-order valence-electron chi connectivity index (χ4n) is 3.21. The topological polar surface area (TPSA) is 67.2 Å². The van der Waals surface area contributed by atoms with Crippen molar-refractivity contribution in [3.63, 3.8) is 0 Å². The number of aromatic nitrogens is 4. The minimum atomic E-state index is -1.04. The second-order valence-corrected chi connectivity index (χ2v) is 6.68. The maximum atomic E-state index is 13.4. The second kappa shape index (κ2) is 8.00. The maximum Gasteiger partial charge on any atom is 0.254 e. The lowest BCUT2D eigenvalue weighted by Gasteiger charge is -2.34. The summed E-state index contributed by atoms with van der Waals surface area (Å²) in [5, 5.41) is 11.7. The summed E-state index contributed by atoms with van der Waals surface area (Å²) >= 11 is 0. The molecule has 2 aromatic carbocycles. The van der Waals surface area contributed by atoms with Crippen LogP contribution in [-0.4, -0.2) is 62.1 Å². The van der Waals surface area contributed by atoms with Crippen molar-refractivity contribution in [3.05, 3.63) is 71.3 Å². The summed E-state index contributed by atoms with van der Waals surface area (Å²) in [6, 6.07) is 9.01. The highest BCUT2D eigenvalue weighted by Crippen LogP contribution is 2.15. The first kappa shape index (κ1) is 19.1. The molecule has 3 aromatic rings. The summed E-state index contributed by atoms with van der Waals surface area (Å²) in [7, 11) is 0. The Balaban J connectivity index is 1.38. The predicted molar refractivity (Wildman–Crippen MR) is 96.7 cm³/mol.